The van der Waals surface area contributed by atoms with Crippen molar-refractivity contribution in [2.24, 2.45) is 17.3 Å². The first-order valence-corrected chi connectivity index (χ1v) is 14.8. The third-order valence-corrected chi connectivity index (χ3v) is 9.64. The lowest BCUT2D eigenvalue weighted by molar-refractivity contribution is 0.0184. The van der Waals surface area contributed by atoms with E-state index in [1.54, 1.807) is 6.20 Å². The first-order valence-electron chi connectivity index (χ1n) is 14.4. The molecule has 38 heavy (non-hydrogen) atoms. The summed E-state index contributed by atoms with van der Waals surface area (Å²) in [7, 11) is 0. The Morgan fingerprint density at radius 2 is 1.95 bits per heavy atom. The molecule has 4 N–H and O–H groups in total. The van der Waals surface area contributed by atoms with E-state index < -0.39 is 0 Å². The van der Waals surface area contributed by atoms with Crippen molar-refractivity contribution in [3.05, 3.63) is 46.6 Å². The van der Waals surface area contributed by atoms with Crippen LogP contribution < -0.4 is 16.0 Å². The van der Waals surface area contributed by atoms with Crippen LogP contribution in [0.1, 0.15) is 82.3 Å². The van der Waals surface area contributed by atoms with Gasteiger partial charge in [0.2, 0.25) is 5.95 Å². The monoisotopic (exact) mass is 536 g/mol. The highest BCUT2D eigenvalue weighted by Gasteiger charge is 2.46. The highest BCUT2D eigenvalue weighted by molar-refractivity contribution is 6.31. The summed E-state index contributed by atoms with van der Waals surface area (Å²) in [5, 5.41) is 31.2. The van der Waals surface area contributed by atoms with Crippen LogP contribution in [0.3, 0.4) is 0 Å². The summed E-state index contributed by atoms with van der Waals surface area (Å²) in [4.78, 5) is 9.04. The van der Waals surface area contributed by atoms with Gasteiger partial charge in [0, 0.05) is 30.2 Å². The third kappa shape index (κ3) is 6.42. The molecule has 0 amide bonds. The summed E-state index contributed by atoms with van der Waals surface area (Å²) in [5.74, 6) is 2.52. The summed E-state index contributed by atoms with van der Waals surface area (Å²) >= 11 is 6.30. The summed E-state index contributed by atoms with van der Waals surface area (Å²) in [6, 6.07) is 11.1. The molecular formula is C30H41ClN6O. The van der Waals surface area contributed by atoms with Gasteiger partial charge < -0.3 is 21.1 Å². The maximum absolute atomic E-state index is 9.90. The molecule has 4 atom stereocenters. The lowest BCUT2D eigenvalue weighted by atomic mass is 9.57. The normalized spacial score (nSPS) is 30.8. The van der Waals surface area contributed by atoms with Crippen molar-refractivity contribution in [3.8, 4) is 6.07 Å². The molecule has 2 bridgehead atoms. The molecule has 1 aromatic carbocycles. The highest BCUT2D eigenvalue weighted by atomic mass is 35.5. The molecule has 0 spiro atoms. The molecule has 1 heterocycles. The Labute approximate surface area is 231 Å². The lowest BCUT2D eigenvalue weighted by Gasteiger charge is -2.52. The molecule has 3 saturated carbocycles. The van der Waals surface area contributed by atoms with E-state index in [9.17, 15) is 10.4 Å². The number of hydrogen-bond donors (Lipinski definition) is 4. The summed E-state index contributed by atoms with van der Waals surface area (Å²) in [5.41, 5.74) is 1.68. The van der Waals surface area contributed by atoms with E-state index in [1.807, 2.05) is 24.3 Å². The van der Waals surface area contributed by atoms with Crippen LogP contribution in [-0.2, 0) is 6.54 Å². The summed E-state index contributed by atoms with van der Waals surface area (Å²) in [6.07, 6.45) is 12.9. The minimum atomic E-state index is -0.107. The Morgan fingerprint density at radius 3 is 2.71 bits per heavy atom. The van der Waals surface area contributed by atoms with Crippen LogP contribution >= 0.6 is 11.6 Å². The van der Waals surface area contributed by atoms with E-state index in [1.165, 1.54) is 38.5 Å². The smallest absolute Gasteiger partial charge is 0.224 e. The second kappa shape index (κ2) is 12.2. The van der Waals surface area contributed by atoms with Crippen LogP contribution in [0.2, 0.25) is 5.02 Å². The highest BCUT2D eigenvalue weighted by Crippen LogP contribution is 2.52. The molecule has 7 nitrogen and oxygen atoms in total. The molecule has 0 aliphatic heterocycles. The molecule has 3 fully saturated rings. The molecule has 4 unspecified atom stereocenters. The molecule has 0 saturated heterocycles. The van der Waals surface area contributed by atoms with Crippen molar-refractivity contribution in [2.45, 2.75) is 95.9 Å². The average Bonchev–Trinajstić information content (AvgIpc) is 2.94. The lowest BCUT2D eigenvalue weighted by Crippen LogP contribution is -2.53. The van der Waals surface area contributed by atoms with Crippen molar-refractivity contribution < 1.29 is 5.11 Å². The molecule has 3 aliphatic carbocycles. The van der Waals surface area contributed by atoms with Crippen LogP contribution in [0.4, 0.5) is 11.8 Å². The van der Waals surface area contributed by atoms with E-state index in [0.29, 0.717) is 46.9 Å². The Balaban J connectivity index is 1.24. The van der Waals surface area contributed by atoms with Crippen molar-refractivity contribution >= 4 is 23.4 Å². The van der Waals surface area contributed by atoms with E-state index in [2.05, 4.69) is 38.9 Å². The van der Waals surface area contributed by atoms with Crippen molar-refractivity contribution in [2.75, 3.05) is 17.2 Å². The van der Waals surface area contributed by atoms with E-state index in [4.69, 9.17) is 11.6 Å². The number of hydrogen-bond acceptors (Lipinski definition) is 7. The first kappa shape index (κ1) is 27.2. The molecule has 204 valence electrons. The second-order valence-corrected chi connectivity index (χ2v) is 12.3. The number of nitrogens with zero attached hydrogens (tertiary/aromatic N) is 3. The van der Waals surface area contributed by atoms with Crippen molar-refractivity contribution in [1.29, 1.82) is 5.26 Å². The number of aromatic nitrogens is 2. The van der Waals surface area contributed by atoms with Gasteiger partial charge in [0.05, 0.1) is 12.3 Å². The fourth-order valence-corrected chi connectivity index (χ4v) is 7.34. The van der Waals surface area contributed by atoms with Crippen LogP contribution in [0.15, 0.2) is 30.5 Å². The third-order valence-electron chi connectivity index (χ3n) is 9.27. The predicted molar refractivity (Wildman–Crippen MR) is 152 cm³/mol. The molecular weight excluding hydrogens is 496 g/mol. The number of benzene rings is 1. The van der Waals surface area contributed by atoms with Crippen LogP contribution in [-0.4, -0.2) is 39.8 Å². The van der Waals surface area contributed by atoms with Gasteiger partial charge >= 0.3 is 0 Å². The van der Waals surface area contributed by atoms with Crippen LogP contribution in [0.5, 0.6) is 0 Å². The minimum absolute atomic E-state index is 0.107. The van der Waals surface area contributed by atoms with Gasteiger partial charge in [-0.05, 0) is 86.7 Å². The van der Waals surface area contributed by atoms with Gasteiger partial charge in [-0.25, -0.2) is 4.98 Å². The van der Waals surface area contributed by atoms with Gasteiger partial charge in [0.1, 0.15) is 17.5 Å². The fourth-order valence-electron chi connectivity index (χ4n) is 7.13. The second-order valence-electron chi connectivity index (χ2n) is 11.9. The number of rotatable bonds is 9. The number of nitrogens with one attached hydrogen (secondary N) is 3. The number of aliphatic hydroxyl groups excluding tert-OH is 1. The molecule has 3 aliphatic rings. The zero-order valence-corrected chi connectivity index (χ0v) is 23.2. The van der Waals surface area contributed by atoms with Gasteiger partial charge in [-0.3, -0.25) is 0 Å². The minimum Gasteiger partial charge on any atom is -0.393 e. The fraction of sp³-hybridized carbons (Fsp3) is 0.633. The zero-order chi connectivity index (χ0) is 26.5. The van der Waals surface area contributed by atoms with Crippen LogP contribution in [0, 0.1) is 28.6 Å². The van der Waals surface area contributed by atoms with E-state index in [-0.39, 0.29) is 11.5 Å². The quantitative estimate of drug-likeness (QED) is 0.316. The SMILES string of the molecule is CCC1CC2CC(CNc3nc(NCc4ccccc4Cl)ncc3C#N)(CCC2NC2CCC(O)CC2)C1. The van der Waals surface area contributed by atoms with E-state index >= 15 is 0 Å². The Morgan fingerprint density at radius 1 is 1.13 bits per heavy atom. The largest absolute Gasteiger partial charge is 0.393 e. The van der Waals surface area contributed by atoms with Crippen LogP contribution in [0.25, 0.3) is 0 Å². The topological polar surface area (TPSA) is 106 Å². The summed E-state index contributed by atoms with van der Waals surface area (Å²) < 4.78 is 0. The Bertz CT molecular complexity index is 1130. The van der Waals surface area contributed by atoms with Gasteiger partial charge in [0.25, 0.3) is 0 Å². The van der Waals surface area contributed by atoms with Crippen molar-refractivity contribution in [3.63, 3.8) is 0 Å². The number of anilines is 2. The number of aliphatic hydroxyl groups is 1. The molecule has 0 radical (unpaired) electrons. The maximum atomic E-state index is 9.90. The molecule has 2 aromatic rings. The first-order chi connectivity index (χ1) is 18.5. The Kier molecular flexibility index (Phi) is 8.72. The number of halogens is 1. The molecule has 8 heteroatoms. The van der Waals surface area contributed by atoms with Gasteiger partial charge in [-0.2, -0.15) is 10.2 Å². The standard InChI is InChI=1S/C30H41ClN6O/c1-2-20-13-22-15-30(14-20,12-11-27(22)36-24-7-9-25(38)10-8-24)19-35-28-23(16-32)18-34-29(37-28)33-17-21-5-3-4-6-26(21)31/h3-6,18,20,22,24-25,27,36,38H,2,7-15,17,19H2,1H3,(H2,33,34,35,37). The van der Waals surface area contributed by atoms with E-state index in [0.717, 1.165) is 43.7 Å². The maximum Gasteiger partial charge on any atom is 0.224 e. The molecule has 1 aromatic heterocycles. The predicted octanol–water partition coefficient (Wildman–Crippen LogP) is 5.89. The summed E-state index contributed by atoms with van der Waals surface area (Å²) in [6.45, 7) is 3.67. The van der Waals surface area contributed by atoms with Gasteiger partial charge in [-0.15, -0.1) is 0 Å². The number of fused-ring (bicyclic) bond motifs is 2. The average molecular weight is 537 g/mol. The molecule has 5 rings (SSSR count). The van der Waals surface area contributed by atoms with Crippen molar-refractivity contribution in [1.82, 2.24) is 15.3 Å². The van der Waals surface area contributed by atoms with Gasteiger partial charge in [0.15, 0.2) is 0 Å². The van der Waals surface area contributed by atoms with Gasteiger partial charge in [-0.1, -0.05) is 43.1 Å². The number of nitriles is 1. The Hall–Kier alpha value is -2.40. The zero-order valence-electron chi connectivity index (χ0n) is 22.4.